The number of pyridine rings is 1. The molecule has 21 heavy (non-hydrogen) atoms. The number of rotatable bonds is 2. The van der Waals surface area contributed by atoms with Crippen LogP contribution >= 0.6 is 0 Å². The highest BCUT2D eigenvalue weighted by atomic mass is 16.3. The summed E-state index contributed by atoms with van der Waals surface area (Å²) in [5, 5.41) is 9.86. The van der Waals surface area contributed by atoms with Crippen LogP contribution in [0.3, 0.4) is 0 Å². The first-order valence-electron chi connectivity index (χ1n) is 7.62. The van der Waals surface area contributed by atoms with Gasteiger partial charge in [0.2, 0.25) is 0 Å². The van der Waals surface area contributed by atoms with Crippen LogP contribution < -0.4 is 5.56 Å². The maximum Gasteiger partial charge on any atom is 0.258 e. The Morgan fingerprint density at radius 2 is 2.00 bits per heavy atom. The fourth-order valence-electron chi connectivity index (χ4n) is 3.87. The van der Waals surface area contributed by atoms with Crippen LogP contribution in [0, 0.1) is 0 Å². The highest BCUT2D eigenvalue weighted by Gasteiger charge is 2.40. The lowest BCUT2D eigenvalue weighted by molar-refractivity contribution is 0.0304. The molecule has 2 atom stereocenters. The van der Waals surface area contributed by atoms with Crippen molar-refractivity contribution in [2.45, 2.75) is 50.4 Å². The monoisotopic (exact) mass is 285 g/mol. The van der Waals surface area contributed by atoms with Gasteiger partial charge >= 0.3 is 0 Å². The van der Waals surface area contributed by atoms with Crippen molar-refractivity contribution >= 4 is 5.65 Å². The summed E-state index contributed by atoms with van der Waals surface area (Å²) in [6.07, 6.45) is 5.58. The van der Waals surface area contributed by atoms with Crippen molar-refractivity contribution in [3.8, 4) is 0 Å². The Morgan fingerprint density at radius 3 is 2.76 bits per heavy atom. The first-order chi connectivity index (χ1) is 10.2. The van der Waals surface area contributed by atoms with Gasteiger partial charge in [-0.2, -0.15) is 0 Å². The summed E-state index contributed by atoms with van der Waals surface area (Å²) in [4.78, 5) is 19.2. The second kappa shape index (κ2) is 4.93. The van der Waals surface area contributed by atoms with Crippen LogP contribution in [0.5, 0.6) is 0 Å². The molecule has 4 heterocycles. The quantitative estimate of drug-likeness (QED) is 0.900. The van der Waals surface area contributed by atoms with Crippen LogP contribution in [0.4, 0.5) is 0 Å². The van der Waals surface area contributed by atoms with Crippen LogP contribution in [0.1, 0.15) is 31.4 Å². The molecule has 0 spiro atoms. The molecule has 5 nitrogen and oxygen atoms in total. The first kappa shape index (κ1) is 13.0. The lowest BCUT2D eigenvalue weighted by Crippen LogP contribution is -2.44. The van der Waals surface area contributed by atoms with Crippen molar-refractivity contribution in [2.24, 2.45) is 0 Å². The summed E-state index contributed by atoms with van der Waals surface area (Å²) >= 11 is 0. The maximum absolute atomic E-state index is 12.1. The van der Waals surface area contributed by atoms with Gasteiger partial charge in [-0.1, -0.05) is 6.07 Å². The molecule has 0 amide bonds. The lowest BCUT2D eigenvalue weighted by atomic mass is 10.00. The zero-order valence-electron chi connectivity index (χ0n) is 11.9. The number of nitrogens with zero attached hydrogens (tertiary/aromatic N) is 3. The van der Waals surface area contributed by atoms with Gasteiger partial charge in [0.15, 0.2) is 0 Å². The molecule has 110 valence electrons. The van der Waals surface area contributed by atoms with Crippen LogP contribution in [0.2, 0.25) is 0 Å². The van der Waals surface area contributed by atoms with Crippen molar-refractivity contribution in [3.63, 3.8) is 0 Å². The van der Waals surface area contributed by atoms with E-state index >= 15 is 0 Å². The van der Waals surface area contributed by atoms with Gasteiger partial charge in [0, 0.05) is 30.9 Å². The molecule has 2 saturated heterocycles. The smallest absolute Gasteiger partial charge is 0.258 e. The topological polar surface area (TPSA) is 57.8 Å². The molecule has 2 fully saturated rings. The Bertz CT molecular complexity index is 713. The maximum atomic E-state index is 12.1. The number of aliphatic hydroxyl groups is 1. The van der Waals surface area contributed by atoms with Crippen molar-refractivity contribution in [3.05, 3.63) is 46.5 Å². The van der Waals surface area contributed by atoms with Gasteiger partial charge in [-0.25, -0.2) is 4.98 Å². The van der Waals surface area contributed by atoms with Gasteiger partial charge in [0.05, 0.1) is 11.8 Å². The third-order valence-electron chi connectivity index (χ3n) is 4.83. The van der Waals surface area contributed by atoms with E-state index in [2.05, 4.69) is 9.88 Å². The zero-order valence-corrected chi connectivity index (χ0v) is 11.9. The van der Waals surface area contributed by atoms with Crippen molar-refractivity contribution < 1.29 is 5.11 Å². The standard InChI is InChI=1S/C16H19N3O2/c20-14-8-12-4-5-13(9-14)19(12)10-11-7-16(21)18-6-2-1-3-15(18)17-11/h1-3,6-7,12-14,20H,4-5,8-10H2. The van der Waals surface area contributed by atoms with Crippen molar-refractivity contribution in [1.29, 1.82) is 0 Å². The minimum absolute atomic E-state index is 0.0278. The van der Waals surface area contributed by atoms with Crippen LogP contribution in [-0.4, -0.2) is 37.6 Å². The number of aromatic nitrogens is 2. The Hall–Kier alpha value is -1.72. The normalized spacial score (nSPS) is 29.1. The summed E-state index contributed by atoms with van der Waals surface area (Å²) in [6, 6.07) is 8.11. The van der Waals surface area contributed by atoms with E-state index in [1.54, 1.807) is 16.7 Å². The summed E-state index contributed by atoms with van der Waals surface area (Å²) in [7, 11) is 0. The third kappa shape index (κ3) is 2.26. The average Bonchev–Trinajstić information content (AvgIpc) is 2.70. The average molecular weight is 285 g/mol. The Balaban J connectivity index is 1.65. The van der Waals surface area contributed by atoms with Gasteiger partial charge in [-0.05, 0) is 37.8 Å². The molecule has 0 aromatic carbocycles. The second-order valence-electron chi connectivity index (χ2n) is 6.20. The van der Waals surface area contributed by atoms with E-state index in [0.29, 0.717) is 24.3 Å². The highest BCUT2D eigenvalue weighted by molar-refractivity contribution is 5.38. The van der Waals surface area contributed by atoms with Gasteiger partial charge in [-0.15, -0.1) is 0 Å². The largest absolute Gasteiger partial charge is 0.393 e. The summed E-state index contributed by atoms with van der Waals surface area (Å²) in [5.74, 6) is 0. The third-order valence-corrected chi connectivity index (χ3v) is 4.83. The molecule has 0 saturated carbocycles. The zero-order chi connectivity index (χ0) is 14.4. The molecule has 2 aliphatic heterocycles. The predicted octanol–water partition coefficient (Wildman–Crippen LogP) is 1.18. The number of hydrogen-bond acceptors (Lipinski definition) is 4. The molecule has 1 N–H and O–H groups in total. The van der Waals surface area contributed by atoms with Gasteiger partial charge < -0.3 is 5.11 Å². The van der Waals surface area contributed by atoms with Crippen LogP contribution in [-0.2, 0) is 6.54 Å². The molecule has 2 unspecified atom stereocenters. The molecule has 0 aliphatic carbocycles. The summed E-state index contributed by atoms with van der Waals surface area (Å²) in [5.41, 5.74) is 1.50. The van der Waals surface area contributed by atoms with Crippen LogP contribution in [0.15, 0.2) is 35.3 Å². The minimum Gasteiger partial charge on any atom is -0.393 e. The van der Waals surface area contributed by atoms with Crippen LogP contribution in [0.25, 0.3) is 5.65 Å². The SMILES string of the molecule is O=c1cc(CN2C3CCC2CC(O)C3)nc2ccccn12. The fourth-order valence-corrected chi connectivity index (χ4v) is 3.87. The van der Waals surface area contributed by atoms with E-state index in [4.69, 9.17) is 0 Å². The number of fused-ring (bicyclic) bond motifs is 3. The van der Waals surface area contributed by atoms with Crippen molar-refractivity contribution in [1.82, 2.24) is 14.3 Å². The van der Waals surface area contributed by atoms with Gasteiger partial charge in [0.25, 0.3) is 5.56 Å². The second-order valence-corrected chi connectivity index (χ2v) is 6.20. The molecule has 2 aromatic heterocycles. The molecule has 2 aromatic rings. The fraction of sp³-hybridized carbons (Fsp3) is 0.500. The minimum atomic E-state index is -0.158. The molecule has 0 radical (unpaired) electrons. The summed E-state index contributed by atoms with van der Waals surface area (Å²) < 4.78 is 1.57. The van der Waals surface area contributed by atoms with E-state index in [0.717, 1.165) is 31.4 Å². The van der Waals surface area contributed by atoms with E-state index in [-0.39, 0.29) is 11.7 Å². The number of piperidine rings is 1. The van der Waals surface area contributed by atoms with Gasteiger partial charge in [-0.3, -0.25) is 14.1 Å². The number of hydrogen-bond donors (Lipinski definition) is 1. The first-order valence-corrected chi connectivity index (χ1v) is 7.62. The van der Waals surface area contributed by atoms with E-state index < -0.39 is 0 Å². The van der Waals surface area contributed by atoms with E-state index in [1.165, 1.54) is 0 Å². The van der Waals surface area contributed by atoms with E-state index in [9.17, 15) is 9.90 Å². The van der Waals surface area contributed by atoms with Crippen molar-refractivity contribution in [2.75, 3.05) is 0 Å². The highest BCUT2D eigenvalue weighted by Crippen LogP contribution is 2.36. The number of aliphatic hydroxyl groups excluding tert-OH is 1. The Kier molecular flexibility index (Phi) is 3.05. The predicted molar refractivity (Wildman–Crippen MR) is 79.1 cm³/mol. The molecule has 5 heteroatoms. The van der Waals surface area contributed by atoms with Gasteiger partial charge in [0.1, 0.15) is 5.65 Å². The lowest BCUT2D eigenvalue weighted by Gasteiger charge is -2.36. The van der Waals surface area contributed by atoms with E-state index in [1.807, 2.05) is 18.2 Å². The Labute approximate surface area is 122 Å². The molecular weight excluding hydrogens is 266 g/mol. The molecule has 2 aliphatic rings. The molecule has 2 bridgehead atoms. The Morgan fingerprint density at radius 1 is 1.24 bits per heavy atom. The summed E-state index contributed by atoms with van der Waals surface area (Å²) in [6.45, 7) is 0.711. The molecular formula is C16H19N3O2. The molecule has 4 rings (SSSR count).